The van der Waals surface area contributed by atoms with Crippen molar-refractivity contribution in [2.75, 3.05) is 20.2 Å². The van der Waals surface area contributed by atoms with E-state index < -0.39 is 0 Å². The van der Waals surface area contributed by atoms with Crippen molar-refractivity contribution in [2.45, 2.75) is 39.7 Å². The van der Waals surface area contributed by atoms with Gasteiger partial charge in [-0.3, -0.25) is 0 Å². The zero-order chi connectivity index (χ0) is 12.7. The van der Waals surface area contributed by atoms with Crippen molar-refractivity contribution in [1.82, 2.24) is 4.90 Å². The zero-order valence-corrected chi connectivity index (χ0v) is 11.6. The van der Waals surface area contributed by atoms with E-state index >= 15 is 0 Å². The summed E-state index contributed by atoms with van der Waals surface area (Å²) in [6.07, 6.45) is 2.11. The van der Waals surface area contributed by atoms with Crippen molar-refractivity contribution < 1.29 is 4.74 Å². The minimum absolute atomic E-state index is 0.596. The fourth-order valence-electron chi connectivity index (χ4n) is 1.62. The van der Waals surface area contributed by atoms with Crippen LogP contribution in [-0.2, 0) is 6.42 Å². The van der Waals surface area contributed by atoms with E-state index in [0.29, 0.717) is 6.04 Å². The third-order valence-electron chi connectivity index (χ3n) is 3.05. The molecule has 1 aromatic rings. The van der Waals surface area contributed by atoms with Crippen LogP contribution in [0.25, 0.3) is 0 Å². The molecule has 1 aromatic carbocycles. The summed E-state index contributed by atoms with van der Waals surface area (Å²) in [5, 5.41) is 0. The second-order valence-electron chi connectivity index (χ2n) is 4.78. The van der Waals surface area contributed by atoms with Gasteiger partial charge in [0.1, 0.15) is 5.75 Å². The van der Waals surface area contributed by atoms with E-state index in [4.69, 9.17) is 4.74 Å². The van der Waals surface area contributed by atoms with E-state index in [9.17, 15) is 0 Å². The Morgan fingerprint density at radius 3 is 2.59 bits per heavy atom. The van der Waals surface area contributed by atoms with Gasteiger partial charge in [-0.05, 0) is 45.4 Å². The van der Waals surface area contributed by atoms with Crippen molar-refractivity contribution in [3.63, 3.8) is 0 Å². The molecular weight excluding hydrogens is 210 g/mol. The molecule has 0 spiro atoms. The summed E-state index contributed by atoms with van der Waals surface area (Å²) in [7, 11) is 2.17. The number of hydrogen-bond donors (Lipinski definition) is 0. The average Bonchev–Trinajstić information content (AvgIpc) is 2.34. The van der Waals surface area contributed by atoms with E-state index in [2.05, 4.69) is 50.9 Å². The maximum absolute atomic E-state index is 5.76. The Morgan fingerprint density at radius 1 is 1.24 bits per heavy atom. The molecule has 1 rings (SSSR count). The second kappa shape index (κ2) is 7.33. The molecule has 2 nitrogen and oxygen atoms in total. The summed E-state index contributed by atoms with van der Waals surface area (Å²) < 4.78 is 5.76. The number of rotatable bonds is 7. The van der Waals surface area contributed by atoms with Crippen molar-refractivity contribution in [3.8, 4) is 5.75 Å². The molecule has 0 atom stereocenters. The lowest BCUT2D eigenvalue weighted by molar-refractivity contribution is 0.273. The first-order valence-corrected chi connectivity index (χ1v) is 6.56. The highest BCUT2D eigenvalue weighted by molar-refractivity contribution is 5.33. The topological polar surface area (TPSA) is 12.5 Å². The number of ether oxygens (including phenoxy) is 1. The van der Waals surface area contributed by atoms with E-state index in [1.54, 1.807) is 0 Å². The maximum atomic E-state index is 5.76. The van der Waals surface area contributed by atoms with Gasteiger partial charge in [-0.25, -0.2) is 0 Å². The normalized spacial score (nSPS) is 11.2. The quantitative estimate of drug-likeness (QED) is 0.718. The van der Waals surface area contributed by atoms with Crippen LogP contribution in [0.5, 0.6) is 5.75 Å². The summed E-state index contributed by atoms with van der Waals surface area (Å²) in [6, 6.07) is 8.96. The number of hydrogen-bond acceptors (Lipinski definition) is 2. The lowest BCUT2D eigenvalue weighted by atomic mass is 10.1. The molecule has 0 aliphatic heterocycles. The van der Waals surface area contributed by atoms with Crippen LogP contribution in [0.4, 0.5) is 0 Å². The van der Waals surface area contributed by atoms with Crippen molar-refractivity contribution in [3.05, 3.63) is 29.8 Å². The fraction of sp³-hybridized carbons (Fsp3) is 0.600. The molecule has 0 fully saturated rings. The molecule has 0 N–H and O–H groups in total. The third kappa shape index (κ3) is 4.78. The van der Waals surface area contributed by atoms with Gasteiger partial charge < -0.3 is 9.64 Å². The minimum Gasteiger partial charge on any atom is -0.493 e. The van der Waals surface area contributed by atoms with E-state index in [1.807, 2.05) is 6.07 Å². The van der Waals surface area contributed by atoms with Crippen molar-refractivity contribution >= 4 is 0 Å². The molecule has 2 heteroatoms. The molecule has 0 saturated carbocycles. The molecule has 17 heavy (non-hydrogen) atoms. The Labute approximate surface area is 106 Å². The Hall–Kier alpha value is -1.02. The molecule has 0 bridgehead atoms. The smallest absolute Gasteiger partial charge is 0.122 e. The number of benzene rings is 1. The van der Waals surface area contributed by atoms with Gasteiger partial charge in [0.15, 0.2) is 0 Å². The molecule has 0 amide bonds. The Kier molecular flexibility index (Phi) is 6.06. The molecule has 96 valence electrons. The first kappa shape index (κ1) is 14.0. The lowest BCUT2D eigenvalue weighted by Gasteiger charge is -2.21. The molecular formula is C15H25NO. The summed E-state index contributed by atoms with van der Waals surface area (Å²) in [5.41, 5.74) is 1.31. The summed E-state index contributed by atoms with van der Waals surface area (Å²) in [4.78, 5) is 2.36. The zero-order valence-electron chi connectivity index (χ0n) is 11.6. The predicted molar refractivity (Wildman–Crippen MR) is 73.7 cm³/mol. The van der Waals surface area contributed by atoms with Crippen LogP contribution in [0.3, 0.4) is 0 Å². The first-order chi connectivity index (χ1) is 8.15. The van der Waals surface area contributed by atoms with Crippen LogP contribution < -0.4 is 4.74 Å². The van der Waals surface area contributed by atoms with Crippen LogP contribution >= 0.6 is 0 Å². The molecule has 0 aliphatic carbocycles. The number of para-hydroxylation sites is 1. The molecule has 0 radical (unpaired) electrons. The number of nitrogens with zero attached hydrogens (tertiary/aromatic N) is 1. The van der Waals surface area contributed by atoms with E-state index in [1.165, 1.54) is 5.56 Å². The van der Waals surface area contributed by atoms with Gasteiger partial charge in [-0.2, -0.15) is 0 Å². The Balaban J connectivity index is 2.57. The highest BCUT2D eigenvalue weighted by Crippen LogP contribution is 2.19. The second-order valence-corrected chi connectivity index (χ2v) is 4.78. The fourth-order valence-corrected chi connectivity index (χ4v) is 1.62. The maximum Gasteiger partial charge on any atom is 0.122 e. The van der Waals surface area contributed by atoms with Crippen LogP contribution in [0.2, 0.25) is 0 Å². The van der Waals surface area contributed by atoms with Gasteiger partial charge in [-0.1, -0.05) is 25.1 Å². The van der Waals surface area contributed by atoms with Crippen molar-refractivity contribution in [2.24, 2.45) is 0 Å². The number of likely N-dealkylation sites (N-methyl/N-ethyl adjacent to an activating group) is 1. The summed E-state index contributed by atoms with van der Waals surface area (Å²) in [6.45, 7) is 8.45. The van der Waals surface area contributed by atoms with Gasteiger partial charge in [0.05, 0.1) is 6.61 Å². The molecule has 0 heterocycles. The Morgan fingerprint density at radius 2 is 1.94 bits per heavy atom. The van der Waals surface area contributed by atoms with Gasteiger partial charge >= 0.3 is 0 Å². The largest absolute Gasteiger partial charge is 0.493 e. The third-order valence-corrected chi connectivity index (χ3v) is 3.05. The molecule has 0 aliphatic rings. The molecule has 0 saturated heterocycles. The highest BCUT2D eigenvalue weighted by atomic mass is 16.5. The Bertz CT molecular complexity index is 322. The van der Waals surface area contributed by atoms with E-state index in [0.717, 1.165) is 31.7 Å². The SMILES string of the molecule is CCCOc1ccccc1CCN(C)C(C)C. The van der Waals surface area contributed by atoms with Crippen molar-refractivity contribution in [1.29, 1.82) is 0 Å². The highest BCUT2D eigenvalue weighted by Gasteiger charge is 2.06. The standard InChI is InChI=1S/C15H25NO/c1-5-12-17-15-9-7-6-8-14(15)10-11-16(4)13(2)3/h6-9,13H,5,10-12H2,1-4H3. The van der Waals surface area contributed by atoms with Crippen LogP contribution in [0, 0.1) is 0 Å². The van der Waals surface area contributed by atoms with E-state index in [-0.39, 0.29) is 0 Å². The van der Waals surface area contributed by atoms with Crippen LogP contribution in [-0.4, -0.2) is 31.1 Å². The lowest BCUT2D eigenvalue weighted by Crippen LogP contribution is -2.28. The van der Waals surface area contributed by atoms with Crippen LogP contribution in [0.15, 0.2) is 24.3 Å². The monoisotopic (exact) mass is 235 g/mol. The predicted octanol–water partition coefficient (Wildman–Crippen LogP) is 3.36. The minimum atomic E-state index is 0.596. The molecule has 0 unspecified atom stereocenters. The van der Waals surface area contributed by atoms with Gasteiger partial charge in [0, 0.05) is 12.6 Å². The summed E-state index contributed by atoms with van der Waals surface area (Å²) in [5.74, 6) is 1.05. The average molecular weight is 235 g/mol. The van der Waals surface area contributed by atoms with Gasteiger partial charge in [0.25, 0.3) is 0 Å². The first-order valence-electron chi connectivity index (χ1n) is 6.56. The van der Waals surface area contributed by atoms with Crippen LogP contribution in [0.1, 0.15) is 32.8 Å². The van der Waals surface area contributed by atoms with Gasteiger partial charge in [0.2, 0.25) is 0 Å². The van der Waals surface area contributed by atoms with Gasteiger partial charge in [-0.15, -0.1) is 0 Å². The molecule has 0 aromatic heterocycles. The summed E-state index contributed by atoms with van der Waals surface area (Å²) >= 11 is 0.